The molecular weight excluding hydrogens is 204 g/mol. The maximum atomic E-state index is 4.38. The maximum absolute atomic E-state index is 4.38. The SMILES string of the molecule is CCCC(C)(CNCC)Cc1nccs1. The molecule has 0 amide bonds. The zero-order valence-corrected chi connectivity index (χ0v) is 10.9. The summed E-state index contributed by atoms with van der Waals surface area (Å²) in [7, 11) is 0. The molecule has 2 nitrogen and oxygen atoms in total. The van der Waals surface area contributed by atoms with Crippen LogP contribution in [0, 0.1) is 5.41 Å². The van der Waals surface area contributed by atoms with Gasteiger partial charge in [-0.05, 0) is 18.4 Å². The van der Waals surface area contributed by atoms with Crippen molar-refractivity contribution in [2.45, 2.75) is 40.0 Å². The normalized spacial score (nSPS) is 15.1. The van der Waals surface area contributed by atoms with Crippen LogP contribution in [0.15, 0.2) is 11.6 Å². The second-order valence-corrected chi connectivity index (χ2v) is 5.42. The van der Waals surface area contributed by atoms with E-state index in [1.54, 1.807) is 11.3 Å². The van der Waals surface area contributed by atoms with Gasteiger partial charge < -0.3 is 5.32 Å². The summed E-state index contributed by atoms with van der Waals surface area (Å²) in [6.07, 6.45) is 5.51. The summed E-state index contributed by atoms with van der Waals surface area (Å²) in [5.74, 6) is 0. The quantitative estimate of drug-likeness (QED) is 0.773. The monoisotopic (exact) mass is 226 g/mol. The number of hydrogen-bond donors (Lipinski definition) is 1. The van der Waals surface area contributed by atoms with Gasteiger partial charge in [-0.3, -0.25) is 0 Å². The molecule has 0 fully saturated rings. The Morgan fingerprint density at radius 1 is 1.47 bits per heavy atom. The zero-order valence-electron chi connectivity index (χ0n) is 10.0. The molecule has 1 unspecified atom stereocenters. The fourth-order valence-corrected chi connectivity index (χ4v) is 2.81. The van der Waals surface area contributed by atoms with Crippen molar-refractivity contribution in [2.24, 2.45) is 5.41 Å². The van der Waals surface area contributed by atoms with E-state index < -0.39 is 0 Å². The summed E-state index contributed by atoms with van der Waals surface area (Å²) >= 11 is 1.77. The second kappa shape index (κ2) is 6.23. The van der Waals surface area contributed by atoms with E-state index in [-0.39, 0.29) is 0 Å². The number of thiazole rings is 1. The summed E-state index contributed by atoms with van der Waals surface area (Å²) in [6, 6.07) is 0. The topological polar surface area (TPSA) is 24.9 Å². The predicted molar refractivity (Wildman–Crippen MR) is 67.4 cm³/mol. The Balaban J connectivity index is 2.55. The Hall–Kier alpha value is -0.410. The number of rotatable bonds is 7. The standard InChI is InChI=1S/C12H22N2S/c1-4-6-12(3,10-13-5-2)9-11-14-7-8-15-11/h7-8,13H,4-6,9-10H2,1-3H3. The lowest BCUT2D eigenvalue weighted by molar-refractivity contribution is 0.277. The molecule has 0 aromatic carbocycles. The Kier molecular flexibility index (Phi) is 5.26. The molecule has 1 atom stereocenters. The van der Waals surface area contributed by atoms with Crippen molar-refractivity contribution >= 4 is 11.3 Å². The van der Waals surface area contributed by atoms with Crippen LogP contribution in [-0.2, 0) is 6.42 Å². The highest BCUT2D eigenvalue weighted by atomic mass is 32.1. The van der Waals surface area contributed by atoms with Crippen molar-refractivity contribution in [2.75, 3.05) is 13.1 Å². The first kappa shape index (κ1) is 12.7. The summed E-state index contributed by atoms with van der Waals surface area (Å²) < 4.78 is 0. The van der Waals surface area contributed by atoms with Crippen LogP contribution in [0.4, 0.5) is 0 Å². The fourth-order valence-electron chi connectivity index (χ4n) is 1.97. The molecule has 0 radical (unpaired) electrons. The minimum absolute atomic E-state index is 0.364. The first-order valence-corrected chi connectivity index (χ1v) is 6.67. The van der Waals surface area contributed by atoms with Crippen LogP contribution in [0.25, 0.3) is 0 Å². The second-order valence-electron chi connectivity index (χ2n) is 4.44. The van der Waals surface area contributed by atoms with Crippen LogP contribution in [0.5, 0.6) is 0 Å². The molecule has 0 aliphatic rings. The molecular formula is C12H22N2S. The molecule has 0 bridgehead atoms. The third-order valence-corrected chi connectivity index (χ3v) is 3.50. The van der Waals surface area contributed by atoms with Gasteiger partial charge in [-0.15, -0.1) is 11.3 Å². The molecule has 0 aliphatic heterocycles. The molecule has 0 saturated carbocycles. The van der Waals surface area contributed by atoms with Crippen LogP contribution >= 0.6 is 11.3 Å². The van der Waals surface area contributed by atoms with Crippen molar-refractivity contribution < 1.29 is 0 Å². The van der Waals surface area contributed by atoms with Gasteiger partial charge in [0.15, 0.2) is 0 Å². The van der Waals surface area contributed by atoms with Gasteiger partial charge in [0.2, 0.25) is 0 Å². The van der Waals surface area contributed by atoms with E-state index in [0.29, 0.717) is 5.41 Å². The summed E-state index contributed by atoms with van der Waals surface area (Å²) in [5, 5.41) is 6.79. The molecule has 0 spiro atoms. The Morgan fingerprint density at radius 2 is 2.27 bits per heavy atom. The fraction of sp³-hybridized carbons (Fsp3) is 0.750. The number of hydrogen-bond acceptors (Lipinski definition) is 3. The molecule has 0 saturated heterocycles. The number of nitrogens with one attached hydrogen (secondary N) is 1. The highest BCUT2D eigenvalue weighted by Gasteiger charge is 2.24. The van der Waals surface area contributed by atoms with E-state index in [4.69, 9.17) is 0 Å². The van der Waals surface area contributed by atoms with Crippen LogP contribution in [0.3, 0.4) is 0 Å². The van der Waals surface area contributed by atoms with Crippen LogP contribution < -0.4 is 5.32 Å². The molecule has 1 aromatic heterocycles. The van der Waals surface area contributed by atoms with Crippen molar-refractivity contribution in [3.05, 3.63) is 16.6 Å². The van der Waals surface area contributed by atoms with Gasteiger partial charge in [0, 0.05) is 24.5 Å². The minimum Gasteiger partial charge on any atom is -0.316 e. The van der Waals surface area contributed by atoms with Crippen molar-refractivity contribution in [3.63, 3.8) is 0 Å². The van der Waals surface area contributed by atoms with E-state index in [9.17, 15) is 0 Å². The number of nitrogens with zero attached hydrogens (tertiary/aromatic N) is 1. The van der Waals surface area contributed by atoms with Gasteiger partial charge in [-0.25, -0.2) is 4.98 Å². The average Bonchev–Trinajstić information content (AvgIpc) is 2.68. The van der Waals surface area contributed by atoms with Gasteiger partial charge in [0.25, 0.3) is 0 Å². The molecule has 0 aliphatic carbocycles. The first-order chi connectivity index (χ1) is 7.20. The smallest absolute Gasteiger partial charge is 0.0930 e. The minimum atomic E-state index is 0.364. The molecule has 1 heterocycles. The maximum Gasteiger partial charge on any atom is 0.0930 e. The van der Waals surface area contributed by atoms with Crippen molar-refractivity contribution in [1.29, 1.82) is 0 Å². The highest BCUT2D eigenvalue weighted by Crippen LogP contribution is 2.28. The highest BCUT2D eigenvalue weighted by molar-refractivity contribution is 7.09. The van der Waals surface area contributed by atoms with Crippen LogP contribution in [0.2, 0.25) is 0 Å². The van der Waals surface area contributed by atoms with E-state index in [2.05, 4.69) is 36.5 Å². The Bertz CT molecular complexity index is 259. The Labute approximate surface area is 97.1 Å². The Morgan fingerprint density at radius 3 is 2.80 bits per heavy atom. The van der Waals surface area contributed by atoms with Gasteiger partial charge in [0.05, 0.1) is 5.01 Å². The zero-order chi connectivity index (χ0) is 11.1. The molecule has 1 rings (SSSR count). The molecule has 1 aromatic rings. The molecule has 1 N–H and O–H groups in total. The predicted octanol–water partition coefficient (Wildman–Crippen LogP) is 3.10. The lowest BCUT2D eigenvalue weighted by Gasteiger charge is -2.28. The summed E-state index contributed by atoms with van der Waals surface area (Å²) in [6.45, 7) is 8.93. The average molecular weight is 226 g/mol. The van der Waals surface area contributed by atoms with Crippen LogP contribution in [0.1, 0.15) is 38.6 Å². The third-order valence-electron chi connectivity index (χ3n) is 2.72. The van der Waals surface area contributed by atoms with Gasteiger partial charge in [-0.2, -0.15) is 0 Å². The third kappa shape index (κ3) is 4.31. The summed E-state index contributed by atoms with van der Waals surface area (Å²) in [5.41, 5.74) is 0.364. The van der Waals surface area contributed by atoms with Crippen molar-refractivity contribution in [1.82, 2.24) is 10.3 Å². The lowest BCUT2D eigenvalue weighted by Crippen LogP contribution is -2.33. The van der Waals surface area contributed by atoms with E-state index >= 15 is 0 Å². The van der Waals surface area contributed by atoms with E-state index in [0.717, 1.165) is 19.5 Å². The molecule has 86 valence electrons. The molecule has 3 heteroatoms. The summed E-state index contributed by atoms with van der Waals surface area (Å²) in [4.78, 5) is 4.38. The van der Waals surface area contributed by atoms with Crippen LogP contribution in [-0.4, -0.2) is 18.1 Å². The van der Waals surface area contributed by atoms with Gasteiger partial charge in [-0.1, -0.05) is 27.2 Å². The van der Waals surface area contributed by atoms with E-state index in [1.807, 2.05) is 6.20 Å². The van der Waals surface area contributed by atoms with Crippen molar-refractivity contribution in [3.8, 4) is 0 Å². The van der Waals surface area contributed by atoms with Gasteiger partial charge in [0.1, 0.15) is 0 Å². The van der Waals surface area contributed by atoms with E-state index in [1.165, 1.54) is 17.8 Å². The largest absolute Gasteiger partial charge is 0.316 e. The first-order valence-electron chi connectivity index (χ1n) is 5.79. The lowest BCUT2D eigenvalue weighted by atomic mass is 9.82. The van der Waals surface area contributed by atoms with Gasteiger partial charge >= 0.3 is 0 Å². The number of aromatic nitrogens is 1. The molecule has 15 heavy (non-hydrogen) atoms.